The molecule has 0 saturated heterocycles. The van der Waals surface area contributed by atoms with Gasteiger partial charge in [0.25, 0.3) is 11.5 Å². The van der Waals surface area contributed by atoms with Crippen molar-refractivity contribution < 1.29 is 9.18 Å². The summed E-state index contributed by atoms with van der Waals surface area (Å²) in [4.78, 5) is 43.5. The first-order chi connectivity index (χ1) is 13.4. The van der Waals surface area contributed by atoms with Crippen LogP contribution in [0, 0.1) is 5.82 Å². The zero-order valence-corrected chi connectivity index (χ0v) is 15.6. The van der Waals surface area contributed by atoms with Gasteiger partial charge in [0.1, 0.15) is 17.2 Å². The van der Waals surface area contributed by atoms with Crippen LogP contribution in [0.4, 0.5) is 4.39 Å². The van der Waals surface area contributed by atoms with Gasteiger partial charge < -0.3 is 4.90 Å². The van der Waals surface area contributed by atoms with Gasteiger partial charge in [0.05, 0.1) is 5.39 Å². The van der Waals surface area contributed by atoms with Crippen LogP contribution in [-0.4, -0.2) is 31.0 Å². The van der Waals surface area contributed by atoms with Crippen LogP contribution in [-0.2, 0) is 20.6 Å². The van der Waals surface area contributed by atoms with Crippen molar-refractivity contribution >= 4 is 16.9 Å². The molecule has 1 aliphatic rings. The van der Waals surface area contributed by atoms with E-state index in [1.807, 2.05) is 0 Å². The van der Waals surface area contributed by atoms with Gasteiger partial charge in [0.15, 0.2) is 0 Å². The van der Waals surface area contributed by atoms with E-state index in [2.05, 4.69) is 4.98 Å². The molecule has 2 aromatic heterocycles. The highest BCUT2D eigenvalue weighted by molar-refractivity contribution is 5.94. The third kappa shape index (κ3) is 3.11. The van der Waals surface area contributed by atoms with Crippen LogP contribution in [0.3, 0.4) is 0 Å². The van der Waals surface area contributed by atoms with Crippen molar-refractivity contribution in [3.05, 3.63) is 74.3 Å². The summed E-state index contributed by atoms with van der Waals surface area (Å²) < 4.78 is 15.8. The maximum absolute atomic E-state index is 13.5. The smallest absolute Gasteiger partial charge is 0.330 e. The van der Waals surface area contributed by atoms with Gasteiger partial charge in [-0.3, -0.25) is 18.7 Å². The van der Waals surface area contributed by atoms with E-state index in [1.165, 1.54) is 42.9 Å². The molecular formula is C20H19FN4O3. The number of aryl methyl sites for hydroxylation is 1. The highest BCUT2D eigenvalue weighted by Gasteiger charge is 2.34. The maximum atomic E-state index is 13.5. The highest BCUT2D eigenvalue weighted by Crippen LogP contribution is 2.30. The van der Waals surface area contributed by atoms with Gasteiger partial charge in [-0.1, -0.05) is 12.1 Å². The first kappa shape index (κ1) is 18.1. The van der Waals surface area contributed by atoms with E-state index in [1.54, 1.807) is 17.0 Å². The van der Waals surface area contributed by atoms with Crippen molar-refractivity contribution in [2.45, 2.75) is 25.4 Å². The van der Waals surface area contributed by atoms with E-state index >= 15 is 0 Å². The Bertz CT molecular complexity index is 1210. The van der Waals surface area contributed by atoms with Gasteiger partial charge in [0, 0.05) is 26.7 Å². The summed E-state index contributed by atoms with van der Waals surface area (Å²) in [5.74, 6) is -0.655. The van der Waals surface area contributed by atoms with E-state index in [-0.39, 0.29) is 41.0 Å². The maximum Gasteiger partial charge on any atom is 0.332 e. The number of carbonyl (C=O) groups is 1. The molecular weight excluding hydrogens is 363 g/mol. The monoisotopic (exact) mass is 382 g/mol. The Kier molecular flexibility index (Phi) is 4.33. The van der Waals surface area contributed by atoms with Gasteiger partial charge in [-0.25, -0.2) is 14.2 Å². The zero-order chi connectivity index (χ0) is 20.0. The van der Waals surface area contributed by atoms with Gasteiger partial charge in [-0.15, -0.1) is 0 Å². The predicted octanol–water partition coefficient (Wildman–Crippen LogP) is 1.58. The number of hydrogen-bond donors (Lipinski definition) is 0. The lowest BCUT2D eigenvalue weighted by atomic mass is 10.2. The summed E-state index contributed by atoms with van der Waals surface area (Å²) in [6, 6.07) is 9.25. The van der Waals surface area contributed by atoms with Crippen LogP contribution in [0.1, 0.15) is 28.9 Å². The number of carbonyl (C=O) groups excluding carboxylic acids is 1. The third-order valence-corrected chi connectivity index (χ3v) is 5.01. The van der Waals surface area contributed by atoms with Crippen LogP contribution >= 0.6 is 0 Å². The second kappa shape index (κ2) is 6.70. The number of nitrogens with zero attached hydrogens (tertiary/aromatic N) is 4. The number of fused-ring (bicyclic) bond motifs is 1. The van der Waals surface area contributed by atoms with E-state index in [4.69, 9.17) is 0 Å². The van der Waals surface area contributed by atoms with Crippen molar-refractivity contribution in [2.75, 3.05) is 0 Å². The largest absolute Gasteiger partial charge is 0.332 e. The Labute approximate surface area is 159 Å². The lowest BCUT2D eigenvalue weighted by molar-refractivity contribution is 0.0724. The number of pyridine rings is 1. The van der Waals surface area contributed by atoms with Crippen LogP contribution in [0.2, 0.25) is 0 Å². The second-order valence-electron chi connectivity index (χ2n) is 7.07. The SMILES string of the molecule is Cn1c(=O)c2ccc(C(=O)N(Cc3cccc(F)c3)C3CC3)nc2n(C)c1=O. The number of hydrogen-bond acceptors (Lipinski definition) is 4. The Hall–Kier alpha value is -3.29. The Morgan fingerprint density at radius 2 is 1.93 bits per heavy atom. The fourth-order valence-corrected chi connectivity index (χ4v) is 3.31. The lowest BCUT2D eigenvalue weighted by Crippen LogP contribution is -2.38. The molecule has 0 unspecified atom stereocenters. The molecule has 0 aliphatic heterocycles. The summed E-state index contributed by atoms with van der Waals surface area (Å²) >= 11 is 0. The first-order valence-corrected chi connectivity index (χ1v) is 8.99. The van der Waals surface area contributed by atoms with Gasteiger partial charge in [-0.05, 0) is 42.7 Å². The number of benzene rings is 1. The molecule has 0 spiro atoms. The summed E-state index contributed by atoms with van der Waals surface area (Å²) in [5.41, 5.74) is 0.0543. The molecule has 1 amide bonds. The first-order valence-electron chi connectivity index (χ1n) is 8.99. The molecule has 0 N–H and O–H groups in total. The Morgan fingerprint density at radius 3 is 2.61 bits per heavy atom. The number of aromatic nitrogens is 3. The normalized spacial score (nSPS) is 13.7. The zero-order valence-electron chi connectivity index (χ0n) is 15.6. The third-order valence-electron chi connectivity index (χ3n) is 5.01. The van der Waals surface area contributed by atoms with Gasteiger partial charge in [-0.2, -0.15) is 0 Å². The van der Waals surface area contributed by atoms with E-state index in [0.717, 1.165) is 17.4 Å². The molecule has 1 fully saturated rings. The molecule has 144 valence electrons. The average molecular weight is 382 g/mol. The van der Waals surface area contributed by atoms with Crippen LogP contribution in [0.5, 0.6) is 0 Å². The Morgan fingerprint density at radius 1 is 1.18 bits per heavy atom. The van der Waals surface area contributed by atoms with Crippen LogP contribution < -0.4 is 11.2 Å². The van der Waals surface area contributed by atoms with Crippen molar-refractivity contribution in [1.82, 2.24) is 19.0 Å². The lowest BCUT2D eigenvalue weighted by Gasteiger charge is -2.22. The average Bonchev–Trinajstić information content (AvgIpc) is 3.53. The number of amides is 1. The van der Waals surface area contributed by atoms with Crippen LogP contribution in [0.25, 0.3) is 11.0 Å². The summed E-state index contributed by atoms with van der Waals surface area (Å²) in [6.07, 6.45) is 1.77. The number of halogens is 1. The van der Waals surface area contributed by atoms with Crippen molar-refractivity contribution in [3.8, 4) is 0 Å². The molecule has 0 atom stereocenters. The minimum Gasteiger partial charge on any atom is -0.330 e. The molecule has 8 heteroatoms. The minimum absolute atomic E-state index is 0.0840. The minimum atomic E-state index is -0.506. The molecule has 1 aliphatic carbocycles. The quantitative estimate of drug-likeness (QED) is 0.686. The van der Waals surface area contributed by atoms with E-state index in [0.29, 0.717) is 5.56 Å². The Balaban J connectivity index is 1.74. The molecule has 28 heavy (non-hydrogen) atoms. The molecule has 1 aromatic carbocycles. The molecule has 4 rings (SSSR count). The van der Waals surface area contributed by atoms with Gasteiger partial charge in [0.2, 0.25) is 0 Å². The molecule has 0 bridgehead atoms. The molecule has 3 aromatic rings. The summed E-state index contributed by atoms with van der Waals surface area (Å²) in [7, 11) is 2.91. The van der Waals surface area contributed by atoms with E-state index in [9.17, 15) is 18.8 Å². The standard InChI is InChI=1S/C20H19FN4O3/c1-23-17-15(18(26)24(2)20(23)28)8-9-16(22-17)19(27)25(14-6-7-14)11-12-4-3-5-13(21)10-12/h3-5,8-10,14H,6-7,11H2,1-2H3. The summed E-state index contributed by atoms with van der Waals surface area (Å²) in [5, 5.41) is 0.268. The topological polar surface area (TPSA) is 77.2 Å². The molecule has 7 nitrogen and oxygen atoms in total. The highest BCUT2D eigenvalue weighted by atomic mass is 19.1. The molecule has 0 radical (unpaired) electrons. The fraction of sp³-hybridized carbons (Fsp3) is 0.300. The molecule has 2 heterocycles. The fourth-order valence-electron chi connectivity index (χ4n) is 3.31. The van der Waals surface area contributed by atoms with Crippen molar-refractivity contribution in [3.63, 3.8) is 0 Å². The van der Waals surface area contributed by atoms with Gasteiger partial charge >= 0.3 is 5.69 Å². The number of rotatable bonds is 4. The van der Waals surface area contributed by atoms with Crippen molar-refractivity contribution in [1.29, 1.82) is 0 Å². The predicted molar refractivity (Wildman–Crippen MR) is 102 cm³/mol. The molecule has 1 saturated carbocycles. The summed E-state index contributed by atoms with van der Waals surface area (Å²) in [6.45, 7) is 0.274. The van der Waals surface area contributed by atoms with Crippen LogP contribution in [0.15, 0.2) is 46.0 Å². The second-order valence-corrected chi connectivity index (χ2v) is 7.07. The van der Waals surface area contributed by atoms with E-state index < -0.39 is 11.2 Å². The van der Waals surface area contributed by atoms with Crippen molar-refractivity contribution in [2.24, 2.45) is 14.1 Å².